The molecule has 0 aliphatic carbocycles. The molecule has 0 aromatic heterocycles. The van der Waals surface area contributed by atoms with Gasteiger partial charge < -0.3 is 10.2 Å². The predicted octanol–water partition coefficient (Wildman–Crippen LogP) is 3.65. The number of nitrogens with zero attached hydrogens (tertiary/aromatic N) is 1. The monoisotopic (exact) mass is 310 g/mol. The van der Waals surface area contributed by atoms with Crippen LogP contribution in [-0.2, 0) is 11.2 Å². The van der Waals surface area contributed by atoms with E-state index in [1.165, 1.54) is 11.3 Å². The van der Waals surface area contributed by atoms with Gasteiger partial charge in [0.2, 0.25) is 5.91 Å². The van der Waals surface area contributed by atoms with Crippen molar-refractivity contribution in [3.63, 3.8) is 0 Å². The van der Waals surface area contributed by atoms with Crippen LogP contribution in [0.3, 0.4) is 0 Å². The van der Waals surface area contributed by atoms with Crippen LogP contribution in [0.2, 0.25) is 0 Å². The van der Waals surface area contributed by atoms with Gasteiger partial charge in [-0.3, -0.25) is 4.79 Å². The van der Waals surface area contributed by atoms with Crippen LogP contribution in [0.5, 0.6) is 0 Å². The van der Waals surface area contributed by atoms with Crippen molar-refractivity contribution in [2.24, 2.45) is 0 Å². The van der Waals surface area contributed by atoms with Crippen molar-refractivity contribution in [3.8, 4) is 0 Å². The second-order valence-corrected chi connectivity index (χ2v) is 5.60. The fraction of sp³-hybridized carbons (Fsp3) is 0.350. The van der Waals surface area contributed by atoms with Gasteiger partial charge in [-0.25, -0.2) is 0 Å². The Balaban J connectivity index is 1.64. The summed E-state index contributed by atoms with van der Waals surface area (Å²) >= 11 is 0. The fourth-order valence-corrected chi connectivity index (χ4v) is 2.60. The molecular weight excluding hydrogens is 284 g/mol. The van der Waals surface area contributed by atoms with Crippen LogP contribution in [-0.4, -0.2) is 25.5 Å². The third kappa shape index (κ3) is 6.15. The quantitative estimate of drug-likeness (QED) is 0.717. The molecule has 2 rings (SSSR count). The number of hydrogen-bond acceptors (Lipinski definition) is 2. The minimum Gasteiger partial charge on any atom is -0.371 e. The highest BCUT2D eigenvalue weighted by atomic mass is 16.1. The number of rotatable bonds is 9. The van der Waals surface area contributed by atoms with Crippen molar-refractivity contribution in [2.45, 2.75) is 26.2 Å². The number of anilines is 1. The third-order valence-corrected chi connectivity index (χ3v) is 3.92. The fourth-order valence-electron chi connectivity index (χ4n) is 2.60. The number of carbonyl (C=O) groups excluding carboxylic acids is 1. The smallest absolute Gasteiger partial charge is 0.221 e. The summed E-state index contributed by atoms with van der Waals surface area (Å²) in [7, 11) is 0. The van der Waals surface area contributed by atoms with Gasteiger partial charge >= 0.3 is 0 Å². The lowest BCUT2D eigenvalue weighted by Gasteiger charge is -2.22. The summed E-state index contributed by atoms with van der Waals surface area (Å²) in [6.45, 7) is 4.52. The molecule has 0 bridgehead atoms. The van der Waals surface area contributed by atoms with E-state index < -0.39 is 0 Å². The molecule has 0 saturated carbocycles. The molecule has 0 fully saturated rings. The first-order valence-corrected chi connectivity index (χ1v) is 8.40. The number of aryl methyl sites for hydroxylation is 1. The Hall–Kier alpha value is -2.29. The molecule has 0 unspecified atom stereocenters. The number of hydrogen-bond donors (Lipinski definition) is 1. The highest BCUT2D eigenvalue weighted by Crippen LogP contribution is 2.12. The maximum Gasteiger partial charge on any atom is 0.221 e. The highest BCUT2D eigenvalue weighted by Gasteiger charge is 2.07. The van der Waals surface area contributed by atoms with Crippen molar-refractivity contribution < 1.29 is 4.79 Å². The Bertz CT molecular complexity index is 569. The van der Waals surface area contributed by atoms with E-state index in [9.17, 15) is 4.79 Å². The largest absolute Gasteiger partial charge is 0.371 e. The molecule has 3 nitrogen and oxygen atoms in total. The lowest BCUT2D eigenvalue weighted by Crippen LogP contribution is -2.31. The summed E-state index contributed by atoms with van der Waals surface area (Å²) in [6, 6.07) is 20.6. The summed E-state index contributed by atoms with van der Waals surface area (Å²) in [6.07, 6.45) is 2.52. The maximum atomic E-state index is 12.0. The standard InChI is InChI=1S/C20H26N2O/c1-2-22(19-13-7-4-8-14-19)17-15-20(23)21-16-9-12-18-10-5-3-6-11-18/h3-8,10-11,13-14H,2,9,12,15-17H2,1H3,(H,21,23). The molecule has 1 N–H and O–H groups in total. The van der Waals surface area contributed by atoms with Gasteiger partial charge in [0.1, 0.15) is 0 Å². The molecule has 0 aliphatic heterocycles. The van der Waals surface area contributed by atoms with Crippen molar-refractivity contribution in [1.29, 1.82) is 0 Å². The zero-order valence-electron chi connectivity index (χ0n) is 13.9. The Kier molecular flexibility index (Phi) is 7.18. The second-order valence-electron chi connectivity index (χ2n) is 5.60. The Morgan fingerprint density at radius 1 is 1.00 bits per heavy atom. The van der Waals surface area contributed by atoms with Gasteiger partial charge in [0.25, 0.3) is 0 Å². The van der Waals surface area contributed by atoms with Crippen LogP contribution in [0.1, 0.15) is 25.3 Å². The number of nitrogens with one attached hydrogen (secondary N) is 1. The molecule has 3 heteroatoms. The molecule has 23 heavy (non-hydrogen) atoms. The first kappa shape index (κ1) is 17.1. The van der Waals surface area contributed by atoms with Crippen LogP contribution in [0, 0.1) is 0 Å². The third-order valence-electron chi connectivity index (χ3n) is 3.92. The Morgan fingerprint density at radius 2 is 1.65 bits per heavy atom. The zero-order chi connectivity index (χ0) is 16.3. The van der Waals surface area contributed by atoms with Crippen LogP contribution in [0.15, 0.2) is 60.7 Å². The van der Waals surface area contributed by atoms with Crippen molar-refractivity contribution in [2.75, 3.05) is 24.5 Å². The van der Waals surface area contributed by atoms with E-state index in [1.807, 2.05) is 24.3 Å². The average molecular weight is 310 g/mol. The lowest BCUT2D eigenvalue weighted by atomic mass is 10.1. The van der Waals surface area contributed by atoms with Crippen molar-refractivity contribution in [1.82, 2.24) is 5.32 Å². The molecule has 2 aromatic rings. The van der Waals surface area contributed by atoms with Crippen LogP contribution >= 0.6 is 0 Å². The van der Waals surface area contributed by atoms with Gasteiger partial charge in [-0.15, -0.1) is 0 Å². The lowest BCUT2D eigenvalue weighted by molar-refractivity contribution is -0.120. The minimum absolute atomic E-state index is 0.132. The van der Waals surface area contributed by atoms with Crippen molar-refractivity contribution >= 4 is 11.6 Å². The Morgan fingerprint density at radius 3 is 2.30 bits per heavy atom. The topological polar surface area (TPSA) is 32.3 Å². The highest BCUT2D eigenvalue weighted by molar-refractivity contribution is 5.76. The van der Waals surface area contributed by atoms with E-state index in [-0.39, 0.29) is 5.91 Å². The molecule has 0 heterocycles. The van der Waals surface area contributed by atoms with E-state index in [2.05, 4.69) is 53.5 Å². The summed E-state index contributed by atoms with van der Waals surface area (Å²) in [4.78, 5) is 14.2. The molecule has 122 valence electrons. The van der Waals surface area contributed by atoms with Gasteiger partial charge in [0.05, 0.1) is 0 Å². The molecule has 0 saturated heterocycles. The number of benzene rings is 2. The maximum absolute atomic E-state index is 12.0. The van der Waals surface area contributed by atoms with Gasteiger partial charge in [0.15, 0.2) is 0 Å². The van der Waals surface area contributed by atoms with E-state index in [0.29, 0.717) is 6.42 Å². The Labute approximate surface area is 139 Å². The van der Waals surface area contributed by atoms with Crippen LogP contribution < -0.4 is 10.2 Å². The minimum atomic E-state index is 0.132. The second kappa shape index (κ2) is 9.67. The van der Waals surface area contributed by atoms with E-state index in [4.69, 9.17) is 0 Å². The normalized spacial score (nSPS) is 10.3. The van der Waals surface area contributed by atoms with Crippen LogP contribution in [0.25, 0.3) is 0 Å². The van der Waals surface area contributed by atoms with Gasteiger partial charge in [-0.05, 0) is 37.5 Å². The molecule has 2 aromatic carbocycles. The molecule has 1 amide bonds. The molecule has 0 spiro atoms. The molecular formula is C20H26N2O. The predicted molar refractivity (Wildman–Crippen MR) is 96.7 cm³/mol. The average Bonchev–Trinajstić information content (AvgIpc) is 2.61. The first-order valence-electron chi connectivity index (χ1n) is 8.40. The number of amides is 1. The van der Waals surface area contributed by atoms with E-state index in [1.54, 1.807) is 0 Å². The van der Waals surface area contributed by atoms with E-state index >= 15 is 0 Å². The zero-order valence-corrected chi connectivity index (χ0v) is 13.9. The van der Waals surface area contributed by atoms with Gasteiger partial charge in [-0.2, -0.15) is 0 Å². The first-order chi connectivity index (χ1) is 11.3. The summed E-state index contributed by atoms with van der Waals surface area (Å²) in [5.74, 6) is 0.132. The summed E-state index contributed by atoms with van der Waals surface area (Å²) in [5, 5.41) is 3.02. The molecule has 0 atom stereocenters. The van der Waals surface area contributed by atoms with E-state index in [0.717, 1.165) is 32.5 Å². The molecule has 0 aliphatic rings. The van der Waals surface area contributed by atoms with Crippen LogP contribution in [0.4, 0.5) is 5.69 Å². The summed E-state index contributed by atoms with van der Waals surface area (Å²) < 4.78 is 0. The van der Waals surface area contributed by atoms with Gasteiger partial charge in [0, 0.05) is 31.7 Å². The van der Waals surface area contributed by atoms with Gasteiger partial charge in [-0.1, -0.05) is 48.5 Å². The number of carbonyl (C=O) groups is 1. The molecule has 0 radical (unpaired) electrons. The SMILES string of the molecule is CCN(CCC(=O)NCCCc1ccccc1)c1ccccc1. The number of para-hydroxylation sites is 1. The van der Waals surface area contributed by atoms with Crippen molar-refractivity contribution in [3.05, 3.63) is 66.2 Å². The summed E-state index contributed by atoms with van der Waals surface area (Å²) in [5.41, 5.74) is 2.50.